The number of aryl methyl sites for hydroxylation is 1. The van der Waals surface area contributed by atoms with Crippen molar-refractivity contribution >= 4 is 11.7 Å². The van der Waals surface area contributed by atoms with Crippen LogP contribution < -0.4 is 11.1 Å². The molecule has 4 heteroatoms. The summed E-state index contributed by atoms with van der Waals surface area (Å²) in [5.74, 6) is -0.895. The second kappa shape index (κ2) is 6.91. The molecule has 0 amide bonds. The van der Waals surface area contributed by atoms with Crippen LogP contribution in [0.4, 0.5) is 5.69 Å². The molecule has 0 aliphatic rings. The van der Waals surface area contributed by atoms with Crippen LogP contribution in [0.5, 0.6) is 0 Å². The van der Waals surface area contributed by atoms with E-state index in [1.54, 1.807) is 6.07 Å². The number of rotatable bonds is 7. The van der Waals surface area contributed by atoms with Gasteiger partial charge >= 0.3 is 5.97 Å². The van der Waals surface area contributed by atoms with Crippen molar-refractivity contribution in [2.75, 3.05) is 11.9 Å². The molecule has 1 aromatic carbocycles. The molecular weight excluding hydrogens is 216 g/mol. The van der Waals surface area contributed by atoms with E-state index in [1.807, 2.05) is 19.1 Å². The number of carbonyl (C=O) groups is 1. The first-order valence-electron chi connectivity index (χ1n) is 6.32. The third-order valence-corrected chi connectivity index (χ3v) is 2.52. The van der Waals surface area contributed by atoms with E-state index in [9.17, 15) is 4.79 Å². The zero-order valence-corrected chi connectivity index (χ0v) is 10.1. The van der Waals surface area contributed by atoms with E-state index in [0.29, 0.717) is 24.7 Å². The number of carboxylic acids is 1. The quantitative estimate of drug-likeness (QED) is 0.634. The third kappa shape index (κ3) is 4.87. The molecule has 0 unspecified atom stereocenters. The van der Waals surface area contributed by atoms with Crippen molar-refractivity contribution in [3.63, 3.8) is 0 Å². The molecule has 0 aromatic heterocycles. The number of nitrogens with two attached hydrogens (primary N) is 1. The minimum Gasteiger partial charge on any atom is -0.480 e. The van der Waals surface area contributed by atoms with Crippen LogP contribution in [0.25, 0.3) is 0 Å². The van der Waals surface area contributed by atoms with Crippen molar-refractivity contribution < 1.29 is 11.3 Å². The first-order valence-corrected chi connectivity index (χ1v) is 5.82. The van der Waals surface area contributed by atoms with Crippen molar-refractivity contribution in [2.45, 2.75) is 32.2 Å². The van der Waals surface area contributed by atoms with Crippen LogP contribution in [-0.4, -0.2) is 23.7 Å². The summed E-state index contributed by atoms with van der Waals surface area (Å²) in [6.45, 7) is 2.40. The number of carboxylic acid groups (broad SMARTS) is 1. The summed E-state index contributed by atoms with van der Waals surface area (Å²) in [5.41, 5.74) is 6.78. The summed E-state index contributed by atoms with van der Waals surface area (Å²) in [4.78, 5) is 11.1. The van der Waals surface area contributed by atoms with Crippen molar-refractivity contribution in [1.82, 2.24) is 0 Å². The highest BCUT2D eigenvalue weighted by Crippen LogP contribution is 2.13. The Morgan fingerprint density at radius 1 is 1.59 bits per heavy atom. The van der Waals surface area contributed by atoms with E-state index in [0.717, 1.165) is 18.4 Å². The Morgan fingerprint density at radius 3 is 3.00 bits per heavy atom. The summed E-state index contributed by atoms with van der Waals surface area (Å²) in [6.07, 6.45) is 2.09. The highest BCUT2D eigenvalue weighted by atomic mass is 16.4. The summed E-state index contributed by atoms with van der Waals surface area (Å²) in [6, 6.07) is 5.06. The van der Waals surface area contributed by atoms with Crippen LogP contribution in [0.3, 0.4) is 0 Å². The van der Waals surface area contributed by atoms with Crippen LogP contribution in [-0.2, 0) is 4.79 Å². The van der Waals surface area contributed by atoms with Gasteiger partial charge in [0.25, 0.3) is 0 Å². The molecular formula is C13H20N2O2. The van der Waals surface area contributed by atoms with Gasteiger partial charge in [-0.3, -0.25) is 0 Å². The Morgan fingerprint density at radius 2 is 2.35 bits per heavy atom. The number of benzene rings is 1. The maximum Gasteiger partial charge on any atom is 0.326 e. The molecule has 0 saturated heterocycles. The van der Waals surface area contributed by atoms with E-state index < -0.39 is 12.0 Å². The van der Waals surface area contributed by atoms with Gasteiger partial charge < -0.3 is 16.2 Å². The maximum atomic E-state index is 11.1. The van der Waals surface area contributed by atoms with Gasteiger partial charge in [0.1, 0.15) is 6.04 Å². The van der Waals surface area contributed by atoms with Crippen molar-refractivity contribution in [1.29, 1.82) is 0 Å². The molecule has 0 aliphatic carbocycles. The molecule has 94 valence electrons. The minimum atomic E-state index is -0.895. The van der Waals surface area contributed by atoms with Crippen molar-refractivity contribution in [2.24, 2.45) is 5.73 Å². The SMILES string of the molecule is [2H]c1c(C)cccc1N[C@@H](CCCCN)C(=O)O. The Labute approximate surface area is 103 Å². The summed E-state index contributed by atoms with van der Waals surface area (Å²) in [7, 11) is 0. The number of aliphatic carboxylic acids is 1. The normalized spacial score (nSPS) is 12.9. The molecule has 0 heterocycles. The number of nitrogens with one attached hydrogen (secondary N) is 1. The summed E-state index contributed by atoms with van der Waals surface area (Å²) >= 11 is 0. The highest BCUT2D eigenvalue weighted by molar-refractivity contribution is 5.77. The molecule has 17 heavy (non-hydrogen) atoms. The largest absolute Gasteiger partial charge is 0.480 e. The number of hydrogen-bond donors (Lipinski definition) is 3. The predicted octanol–water partition coefficient (Wildman–Crippen LogP) is 1.99. The van der Waals surface area contributed by atoms with E-state index >= 15 is 0 Å². The van der Waals surface area contributed by atoms with Gasteiger partial charge in [-0.15, -0.1) is 0 Å². The number of unbranched alkanes of at least 4 members (excludes halogenated alkanes) is 1. The van der Waals surface area contributed by atoms with Crippen LogP contribution >= 0.6 is 0 Å². The predicted molar refractivity (Wildman–Crippen MR) is 69.1 cm³/mol. The minimum absolute atomic E-state index is 0.350. The van der Waals surface area contributed by atoms with E-state index in [4.69, 9.17) is 12.2 Å². The zero-order valence-electron chi connectivity index (χ0n) is 11.1. The molecule has 1 atom stereocenters. The molecule has 1 rings (SSSR count). The molecule has 0 radical (unpaired) electrons. The second-order valence-corrected chi connectivity index (χ2v) is 4.07. The number of hydrogen-bond acceptors (Lipinski definition) is 3. The second-order valence-electron chi connectivity index (χ2n) is 4.07. The lowest BCUT2D eigenvalue weighted by atomic mass is 10.1. The molecule has 0 aliphatic heterocycles. The maximum absolute atomic E-state index is 11.1. The average Bonchev–Trinajstić information content (AvgIpc) is 2.33. The van der Waals surface area contributed by atoms with Gasteiger partial charge in [0, 0.05) is 5.69 Å². The van der Waals surface area contributed by atoms with Crippen LogP contribution in [0.15, 0.2) is 24.2 Å². The Kier molecular flexibility index (Phi) is 4.85. The standard InChI is InChI=1S/C13H20N2O2/c1-10-5-4-6-11(9-10)15-12(13(16)17)7-2-3-8-14/h4-6,9,12,15H,2-3,7-8,14H2,1H3,(H,16,17)/t12-/m0/s1/i9D. The van der Waals surface area contributed by atoms with Crippen molar-refractivity contribution in [3.8, 4) is 0 Å². The first kappa shape index (κ1) is 11.9. The Hall–Kier alpha value is -1.55. The molecule has 1 aromatic rings. The van der Waals surface area contributed by atoms with Gasteiger partial charge in [-0.2, -0.15) is 0 Å². The Bertz CT molecular complexity index is 410. The fraction of sp³-hybridized carbons (Fsp3) is 0.462. The average molecular weight is 237 g/mol. The fourth-order valence-electron chi connectivity index (χ4n) is 1.61. The summed E-state index contributed by atoms with van der Waals surface area (Å²) < 4.78 is 7.87. The molecule has 4 N–H and O–H groups in total. The lowest BCUT2D eigenvalue weighted by Gasteiger charge is -2.15. The summed E-state index contributed by atoms with van der Waals surface area (Å²) in [5, 5.41) is 12.1. The molecule has 0 saturated carbocycles. The monoisotopic (exact) mass is 237 g/mol. The Balaban J connectivity index is 2.71. The lowest BCUT2D eigenvalue weighted by molar-refractivity contribution is -0.138. The van der Waals surface area contributed by atoms with Gasteiger partial charge in [-0.05, 0) is 50.4 Å². The fourth-order valence-corrected chi connectivity index (χ4v) is 1.61. The van der Waals surface area contributed by atoms with Crippen molar-refractivity contribution in [3.05, 3.63) is 29.8 Å². The lowest BCUT2D eigenvalue weighted by Crippen LogP contribution is -2.29. The van der Waals surface area contributed by atoms with E-state index in [2.05, 4.69) is 5.32 Å². The van der Waals surface area contributed by atoms with Gasteiger partial charge in [-0.25, -0.2) is 4.79 Å². The topological polar surface area (TPSA) is 75.3 Å². The number of anilines is 1. The van der Waals surface area contributed by atoms with E-state index in [1.165, 1.54) is 0 Å². The molecule has 4 nitrogen and oxygen atoms in total. The smallest absolute Gasteiger partial charge is 0.326 e. The van der Waals surface area contributed by atoms with Gasteiger partial charge in [0.15, 0.2) is 0 Å². The molecule has 0 fully saturated rings. The van der Waals surface area contributed by atoms with Crippen LogP contribution in [0.1, 0.15) is 26.2 Å². The first-order chi connectivity index (χ1) is 8.56. The molecule has 0 bridgehead atoms. The van der Waals surface area contributed by atoms with Crippen LogP contribution in [0.2, 0.25) is 0 Å². The third-order valence-electron chi connectivity index (χ3n) is 2.52. The van der Waals surface area contributed by atoms with Gasteiger partial charge in [0.2, 0.25) is 0 Å². The zero-order chi connectivity index (χ0) is 13.5. The highest BCUT2D eigenvalue weighted by Gasteiger charge is 2.16. The van der Waals surface area contributed by atoms with Crippen LogP contribution in [0, 0.1) is 6.92 Å². The van der Waals surface area contributed by atoms with Gasteiger partial charge in [0.05, 0.1) is 1.37 Å². The van der Waals surface area contributed by atoms with Gasteiger partial charge in [-0.1, -0.05) is 12.1 Å². The molecule has 0 spiro atoms. The van der Waals surface area contributed by atoms with E-state index in [-0.39, 0.29) is 0 Å².